The van der Waals surface area contributed by atoms with Gasteiger partial charge in [-0.1, -0.05) is 0 Å². The van der Waals surface area contributed by atoms with Crippen molar-refractivity contribution in [2.75, 3.05) is 0 Å². The Bertz CT molecular complexity index is 330. The molecule has 1 aliphatic rings. The first-order valence-corrected chi connectivity index (χ1v) is 5.18. The van der Waals surface area contributed by atoms with Crippen molar-refractivity contribution in [2.24, 2.45) is 5.73 Å². The van der Waals surface area contributed by atoms with Crippen LogP contribution in [-0.2, 0) is 9.36 Å². The number of alkyl halides is 1. The van der Waals surface area contributed by atoms with E-state index >= 15 is 0 Å². The normalized spacial score (nSPS) is 39.2. The lowest BCUT2D eigenvalue weighted by Gasteiger charge is -2.18. The quantitative estimate of drug-likeness (QED) is 0.366. The van der Waals surface area contributed by atoms with E-state index in [9.17, 15) is 13.8 Å². The van der Waals surface area contributed by atoms with Crippen LogP contribution in [-0.4, -0.2) is 43.0 Å². The molecule has 1 rings (SSSR count). The standard InChI is InChI=1S/C5H9FNO6P/c6-4(3(10)14(11,12)13)1-5(4,7)2(8)9/h3,10H,1,7H2,(H,8,9)(H2,11,12,13)/t3?,4-,5?/m1/s1. The second-order valence-corrected chi connectivity index (χ2v) is 4.95. The van der Waals surface area contributed by atoms with Crippen molar-refractivity contribution < 1.29 is 33.7 Å². The minimum absolute atomic E-state index is 0.818. The van der Waals surface area contributed by atoms with E-state index in [1.54, 1.807) is 0 Å². The van der Waals surface area contributed by atoms with Crippen molar-refractivity contribution in [2.45, 2.75) is 23.5 Å². The Hall–Kier alpha value is -0.530. The van der Waals surface area contributed by atoms with E-state index in [2.05, 4.69) is 0 Å². The van der Waals surface area contributed by atoms with Gasteiger partial charge in [-0.25, -0.2) is 4.39 Å². The summed E-state index contributed by atoms with van der Waals surface area (Å²) in [7, 11) is -5.10. The van der Waals surface area contributed by atoms with Crippen LogP contribution in [0.4, 0.5) is 4.39 Å². The summed E-state index contributed by atoms with van der Waals surface area (Å²) in [5.41, 5.74) is -0.382. The topological polar surface area (TPSA) is 141 Å². The van der Waals surface area contributed by atoms with Crippen molar-refractivity contribution >= 4 is 13.6 Å². The Kier molecular flexibility index (Phi) is 2.26. The van der Waals surface area contributed by atoms with Gasteiger partial charge < -0.3 is 25.7 Å². The summed E-state index contributed by atoms with van der Waals surface area (Å²) in [6.07, 6.45) is -0.818. The first-order valence-electron chi connectivity index (χ1n) is 3.50. The van der Waals surface area contributed by atoms with Gasteiger partial charge in [-0.3, -0.25) is 9.36 Å². The lowest BCUT2D eigenvalue weighted by Crippen LogP contribution is -2.45. The predicted octanol–water partition coefficient (Wildman–Crippen LogP) is -1.62. The zero-order valence-electron chi connectivity index (χ0n) is 6.79. The fourth-order valence-electron chi connectivity index (χ4n) is 1.20. The van der Waals surface area contributed by atoms with Crippen molar-refractivity contribution in [3.8, 4) is 0 Å². The van der Waals surface area contributed by atoms with Crippen molar-refractivity contribution in [1.82, 2.24) is 0 Å². The molecule has 0 spiro atoms. The third-order valence-corrected chi connectivity index (χ3v) is 3.31. The second kappa shape index (κ2) is 2.74. The molecule has 1 saturated carbocycles. The molecule has 14 heavy (non-hydrogen) atoms. The SMILES string of the molecule is NC1(C(=O)O)C[C@@]1(F)C(O)P(=O)(O)O. The minimum Gasteiger partial charge on any atom is -0.480 e. The predicted molar refractivity (Wildman–Crippen MR) is 41.1 cm³/mol. The fourth-order valence-corrected chi connectivity index (χ4v) is 2.06. The van der Waals surface area contributed by atoms with E-state index in [1.807, 2.05) is 0 Å². The van der Waals surface area contributed by atoms with E-state index in [4.69, 9.17) is 25.7 Å². The van der Waals surface area contributed by atoms with Crippen LogP contribution in [0.2, 0.25) is 0 Å². The molecule has 0 radical (unpaired) electrons. The third kappa shape index (κ3) is 1.35. The maximum absolute atomic E-state index is 13.4. The molecule has 1 aliphatic carbocycles. The number of hydrogen-bond acceptors (Lipinski definition) is 4. The number of nitrogens with two attached hydrogens (primary N) is 1. The molecule has 9 heteroatoms. The van der Waals surface area contributed by atoms with Gasteiger partial charge in [0.2, 0.25) is 0 Å². The van der Waals surface area contributed by atoms with Gasteiger partial charge >= 0.3 is 13.6 Å². The number of aliphatic hydroxyl groups excluding tert-OH is 1. The Labute approximate surface area is 77.5 Å². The Morgan fingerprint density at radius 3 is 2.21 bits per heavy atom. The van der Waals surface area contributed by atoms with Crippen LogP contribution in [0.5, 0.6) is 0 Å². The average molecular weight is 229 g/mol. The maximum Gasteiger partial charge on any atom is 0.357 e. The van der Waals surface area contributed by atoms with Crippen LogP contribution in [0.25, 0.3) is 0 Å². The summed E-state index contributed by atoms with van der Waals surface area (Å²) in [6.45, 7) is 0. The van der Waals surface area contributed by atoms with E-state index < -0.39 is 37.0 Å². The van der Waals surface area contributed by atoms with Gasteiger partial charge in [0.1, 0.15) is 0 Å². The summed E-state index contributed by atoms with van der Waals surface area (Å²) >= 11 is 0. The minimum atomic E-state index is -5.10. The van der Waals surface area contributed by atoms with Crippen LogP contribution < -0.4 is 5.73 Å². The largest absolute Gasteiger partial charge is 0.480 e. The summed E-state index contributed by atoms with van der Waals surface area (Å²) < 4.78 is 23.9. The average Bonchev–Trinajstić information content (AvgIpc) is 2.54. The highest BCUT2D eigenvalue weighted by molar-refractivity contribution is 7.52. The number of aliphatic carboxylic acids is 1. The summed E-state index contributed by atoms with van der Waals surface area (Å²) in [6, 6.07) is 0. The molecule has 1 fully saturated rings. The molecule has 0 amide bonds. The number of hydrogen-bond donors (Lipinski definition) is 5. The molecule has 0 aromatic carbocycles. The number of carboxylic acid groups (broad SMARTS) is 1. The first kappa shape index (κ1) is 11.5. The van der Waals surface area contributed by atoms with E-state index in [1.165, 1.54) is 0 Å². The number of rotatable bonds is 3. The summed E-state index contributed by atoms with van der Waals surface area (Å²) in [5.74, 6) is -4.44. The van der Waals surface area contributed by atoms with Gasteiger partial charge in [0.25, 0.3) is 0 Å². The molecular weight excluding hydrogens is 220 g/mol. The van der Waals surface area contributed by atoms with Crippen LogP contribution in [0.3, 0.4) is 0 Å². The molecule has 0 aromatic heterocycles. The molecule has 6 N–H and O–H groups in total. The van der Waals surface area contributed by atoms with Gasteiger partial charge in [-0.15, -0.1) is 0 Å². The third-order valence-electron chi connectivity index (χ3n) is 2.26. The molecule has 82 valence electrons. The molecule has 0 saturated heterocycles. The zero-order chi connectivity index (χ0) is 11.4. The summed E-state index contributed by atoms with van der Waals surface area (Å²) in [5, 5.41) is 17.3. The maximum atomic E-state index is 13.4. The van der Waals surface area contributed by atoms with E-state index in [0.717, 1.165) is 0 Å². The molecule has 0 bridgehead atoms. The Morgan fingerprint density at radius 2 is 2.00 bits per heavy atom. The lowest BCUT2D eigenvalue weighted by atomic mass is 10.2. The van der Waals surface area contributed by atoms with Gasteiger partial charge in [-0.05, 0) is 0 Å². The van der Waals surface area contributed by atoms with Crippen molar-refractivity contribution in [3.05, 3.63) is 0 Å². The number of aliphatic hydroxyl groups is 1. The molecule has 2 unspecified atom stereocenters. The molecular formula is C5H9FNO6P. The fraction of sp³-hybridized carbons (Fsp3) is 0.800. The van der Waals surface area contributed by atoms with Gasteiger partial charge in [0, 0.05) is 6.42 Å². The lowest BCUT2D eigenvalue weighted by molar-refractivity contribution is -0.141. The molecule has 0 aliphatic heterocycles. The van der Waals surface area contributed by atoms with E-state index in [-0.39, 0.29) is 0 Å². The van der Waals surface area contributed by atoms with Crippen LogP contribution in [0.1, 0.15) is 6.42 Å². The second-order valence-electron chi connectivity index (χ2n) is 3.28. The van der Waals surface area contributed by atoms with Crippen LogP contribution in [0.15, 0.2) is 0 Å². The van der Waals surface area contributed by atoms with Gasteiger partial charge in [0.05, 0.1) is 0 Å². The van der Waals surface area contributed by atoms with Crippen molar-refractivity contribution in [3.63, 3.8) is 0 Å². The molecule has 7 nitrogen and oxygen atoms in total. The monoisotopic (exact) mass is 229 g/mol. The highest BCUT2D eigenvalue weighted by Crippen LogP contribution is 2.61. The van der Waals surface area contributed by atoms with Gasteiger partial charge in [0.15, 0.2) is 17.1 Å². The smallest absolute Gasteiger partial charge is 0.357 e. The number of halogens is 1. The molecule has 3 atom stereocenters. The van der Waals surface area contributed by atoms with Crippen LogP contribution in [0, 0.1) is 0 Å². The molecule has 0 heterocycles. The van der Waals surface area contributed by atoms with Crippen LogP contribution >= 0.6 is 7.60 Å². The Morgan fingerprint density at radius 1 is 1.57 bits per heavy atom. The van der Waals surface area contributed by atoms with Crippen molar-refractivity contribution in [1.29, 1.82) is 0 Å². The first-order chi connectivity index (χ1) is 6.06. The van der Waals surface area contributed by atoms with E-state index in [0.29, 0.717) is 0 Å². The highest BCUT2D eigenvalue weighted by atomic mass is 31.2. The molecule has 0 aromatic rings. The number of carboxylic acids is 1. The zero-order valence-corrected chi connectivity index (χ0v) is 7.69. The highest BCUT2D eigenvalue weighted by Gasteiger charge is 2.78. The summed E-state index contributed by atoms with van der Waals surface area (Å²) in [4.78, 5) is 27.3. The number of carbonyl (C=O) groups is 1. The van der Waals surface area contributed by atoms with Gasteiger partial charge in [-0.2, -0.15) is 0 Å². The Balaban J connectivity index is 2.94.